The number of anilines is 1. The molecule has 0 saturated carbocycles. The number of aromatic nitrogens is 1. The Bertz CT molecular complexity index is 739. The van der Waals surface area contributed by atoms with Gasteiger partial charge in [0.15, 0.2) is 4.47 Å². The van der Waals surface area contributed by atoms with E-state index in [9.17, 15) is 8.42 Å². The minimum absolute atomic E-state index is 0.329. The summed E-state index contributed by atoms with van der Waals surface area (Å²) in [4.78, 5) is 5.34. The summed E-state index contributed by atoms with van der Waals surface area (Å²) in [6.07, 6.45) is 3.33. The third kappa shape index (κ3) is 4.92. The molecular formula is C16H22ClN3O2S2. The third-order valence-corrected chi connectivity index (χ3v) is 6.46. The SMILES string of the molecule is CCCN(CCC)S(=O)(=O)c1ccc(NCc2cnc(Cl)s2)cc1. The average Bonchev–Trinajstić information content (AvgIpc) is 2.98. The van der Waals surface area contributed by atoms with Crippen molar-refractivity contribution in [2.45, 2.75) is 38.1 Å². The Balaban J connectivity index is 2.06. The predicted molar refractivity (Wildman–Crippen MR) is 100 cm³/mol. The van der Waals surface area contributed by atoms with Crippen molar-refractivity contribution in [3.8, 4) is 0 Å². The van der Waals surface area contributed by atoms with Crippen LogP contribution in [0.5, 0.6) is 0 Å². The number of benzene rings is 1. The highest BCUT2D eigenvalue weighted by atomic mass is 35.5. The Morgan fingerprint density at radius 2 is 1.79 bits per heavy atom. The molecule has 5 nitrogen and oxygen atoms in total. The number of hydrogen-bond donors (Lipinski definition) is 1. The van der Waals surface area contributed by atoms with Crippen LogP contribution in [-0.2, 0) is 16.6 Å². The quantitative estimate of drug-likeness (QED) is 0.699. The van der Waals surface area contributed by atoms with Gasteiger partial charge in [-0.2, -0.15) is 4.31 Å². The molecule has 0 unspecified atom stereocenters. The molecule has 0 atom stereocenters. The summed E-state index contributed by atoms with van der Waals surface area (Å²) >= 11 is 7.22. The number of nitrogens with one attached hydrogen (secondary N) is 1. The fourth-order valence-electron chi connectivity index (χ4n) is 2.30. The fraction of sp³-hybridized carbons (Fsp3) is 0.438. The maximum atomic E-state index is 12.7. The number of nitrogens with zero attached hydrogens (tertiary/aromatic N) is 2. The predicted octanol–water partition coefficient (Wildman–Crippen LogP) is 4.22. The molecule has 0 radical (unpaired) electrons. The lowest BCUT2D eigenvalue weighted by Gasteiger charge is -2.21. The van der Waals surface area contributed by atoms with Crippen LogP contribution in [0, 0.1) is 0 Å². The molecule has 0 amide bonds. The summed E-state index contributed by atoms with van der Waals surface area (Å²) in [5.41, 5.74) is 0.857. The van der Waals surface area contributed by atoms with Gasteiger partial charge >= 0.3 is 0 Å². The monoisotopic (exact) mass is 387 g/mol. The lowest BCUT2D eigenvalue weighted by molar-refractivity contribution is 0.410. The van der Waals surface area contributed by atoms with Crippen molar-refractivity contribution in [3.63, 3.8) is 0 Å². The second-order valence-electron chi connectivity index (χ2n) is 5.36. The Labute approximate surface area is 152 Å². The maximum absolute atomic E-state index is 12.7. The fourth-order valence-corrected chi connectivity index (χ4v) is 4.84. The van der Waals surface area contributed by atoms with Crippen molar-refractivity contribution < 1.29 is 8.42 Å². The molecule has 0 fully saturated rings. The van der Waals surface area contributed by atoms with Crippen LogP contribution in [0.4, 0.5) is 5.69 Å². The Morgan fingerprint density at radius 3 is 2.29 bits per heavy atom. The number of hydrogen-bond acceptors (Lipinski definition) is 5. The topological polar surface area (TPSA) is 62.3 Å². The minimum Gasteiger partial charge on any atom is -0.380 e. The summed E-state index contributed by atoms with van der Waals surface area (Å²) in [7, 11) is -3.43. The second-order valence-corrected chi connectivity index (χ2v) is 9.00. The molecule has 132 valence electrons. The van der Waals surface area contributed by atoms with Crippen molar-refractivity contribution in [3.05, 3.63) is 39.8 Å². The summed E-state index contributed by atoms with van der Waals surface area (Å²) in [5.74, 6) is 0. The van der Waals surface area contributed by atoms with Crippen LogP contribution in [0.3, 0.4) is 0 Å². The van der Waals surface area contributed by atoms with Gasteiger partial charge in [0.05, 0.1) is 11.4 Å². The van der Waals surface area contributed by atoms with Gasteiger partial charge in [-0.15, -0.1) is 11.3 Å². The molecule has 1 aromatic carbocycles. The minimum atomic E-state index is -3.43. The van der Waals surface area contributed by atoms with Crippen LogP contribution in [0.2, 0.25) is 4.47 Å². The van der Waals surface area contributed by atoms with Crippen LogP contribution in [0.1, 0.15) is 31.6 Å². The molecule has 0 saturated heterocycles. The van der Waals surface area contributed by atoms with Crippen molar-refractivity contribution in [2.75, 3.05) is 18.4 Å². The molecule has 2 aromatic rings. The number of thiazole rings is 1. The molecule has 24 heavy (non-hydrogen) atoms. The molecule has 0 bridgehead atoms. The van der Waals surface area contributed by atoms with E-state index in [1.54, 1.807) is 34.8 Å². The van der Waals surface area contributed by atoms with E-state index < -0.39 is 10.0 Å². The van der Waals surface area contributed by atoms with Gasteiger partial charge in [0.1, 0.15) is 0 Å². The smallest absolute Gasteiger partial charge is 0.243 e. The molecule has 2 rings (SSSR count). The van der Waals surface area contributed by atoms with Crippen molar-refractivity contribution >= 4 is 38.6 Å². The zero-order valence-electron chi connectivity index (χ0n) is 13.8. The molecule has 8 heteroatoms. The van der Waals surface area contributed by atoms with E-state index in [1.807, 2.05) is 13.8 Å². The van der Waals surface area contributed by atoms with Crippen molar-refractivity contribution in [1.29, 1.82) is 0 Å². The first-order chi connectivity index (χ1) is 11.5. The van der Waals surface area contributed by atoms with E-state index in [0.29, 0.717) is 29.0 Å². The summed E-state index contributed by atoms with van der Waals surface area (Å²) in [5, 5.41) is 3.24. The summed E-state index contributed by atoms with van der Waals surface area (Å²) in [6.45, 7) is 5.66. The van der Waals surface area contributed by atoms with Gasteiger partial charge in [0.2, 0.25) is 10.0 Å². The first-order valence-corrected chi connectivity index (χ1v) is 10.5. The van der Waals surface area contributed by atoms with Crippen LogP contribution in [-0.4, -0.2) is 30.8 Å². The van der Waals surface area contributed by atoms with Gasteiger partial charge in [-0.25, -0.2) is 13.4 Å². The van der Waals surface area contributed by atoms with Crippen LogP contribution < -0.4 is 5.32 Å². The largest absolute Gasteiger partial charge is 0.380 e. The molecule has 0 aliphatic carbocycles. The first-order valence-electron chi connectivity index (χ1n) is 7.91. The highest BCUT2D eigenvalue weighted by molar-refractivity contribution is 7.89. The van der Waals surface area contributed by atoms with E-state index in [4.69, 9.17) is 11.6 Å². The third-order valence-electron chi connectivity index (χ3n) is 3.43. The molecule has 0 spiro atoms. The Hall–Kier alpha value is -1.15. The molecule has 1 aromatic heterocycles. The van der Waals surface area contributed by atoms with Gasteiger partial charge in [-0.3, -0.25) is 0 Å². The number of halogens is 1. The number of sulfonamides is 1. The number of rotatable bonds is 9. The van der Waals surface area contributed by atoms with E-state index in [0.717, 1.165) is 23.4 Å². The normalized spacial score (nSPS) is 11.8. The lowest BCUT2D eigenvalue weighted by Crippen LogP contribution is -2.32. The van der Waals surface area contributed by atoms with Crippen LogP contribution in [0.25, 0.3) is 0 Å². The molecule has 1 heterocycles. The van der Waals surface area contributed by atoms with E-state index >= 15 is 0 Å². The van der Waals surface area contributed by atoms with Gasteiger partial charge in [-0.05, 0) is 37.1 Å². The Morgan fingerprint density at radius 1 is 1.17 bits per heavy atom. The second kappa shape index (κ2) is 8.80. The van der Waals surface area contributed by atoms with Gasteiger partial charge in [-0.1, -0.05) is 25.4 Å². The zero-order chi connectivity index (χ0) is 17.6. The molecule has 0 aliphatic heterocycles. The van der Waals surface area contributed by atoms with Crippen molar-refractivity contribution in [1.82, 2.24) is 9.29 Å². The van der Waals surface area contributed by atoms with Crippen LogP contribution >= 0.6 is 22.9 Å². The highest BCUT2D eigenvalue weighted by Gasteiger charge is 2.22. The van der Waals surface area contributed by atoms with Gasteiger partial charge in [0.25, 0.3) is 0 Å². The summed E-state index contributed by atoms with van der Waals surface area (Å²) < 4.78 is 27.4. The van der Waals surface area contributed by atoms with Crippen LogP contribution in [0.15, 0.2) is 35.4 Å². The molecule has 0 aliphatic rings. The Kier molecular flexibility index (Phi) is 7.03. The van der Waals surface area contributed by atoms with Gasteiger partial charge in [0, 0.05) is 29.9 Å². The van der Waals surface area contributed by atoms with E-state index in [1.165, 1.54) is 11.3 Å². The summed E-state index contributed by atoms with van der Waals surface area (Å²) in [6, 6.07) is 6.86. The van der Waals surface area contributed by atoms with E-state index in [-0.39, 0.29) is 0 Å². The standard InChI is InChI=1S/C16H22ClN3O2S2/c1-3-9-20(10-4-2)24(21,22)15-7-5-13(6-8-15)18-11-14-12-19-16(17)23-14/h5-8,12,18H,3-4,9-11H2,1-2H3. The zero-order valence-corrected chi connectivity index (χ0v) is 16.2. The van der Waals surface area contributed by atoms with Gasteiger partial charge < -0.3 is 5.32 Å². The first kappa shape index (κ1) is 19.2. The highest BCUT2D eigenvalue weighted by Crippen LogP contribution is 2.21. The molecule has 1 N–H and O–H groups in total. The lowest BCUT2D eigenvalue weighted by atomic mass is 10.3. The van der Waals surface area contributed by atoms with E-state index in [2.05, 4.69) is 10.3 Å². The van der Waals surface area contributed by atoms with Crippen molar-refractivity contribution in [2.24, 2.45) is 0 Å². The maximum Gasteiger partial charge on any atom is 0.243 e. The average molecular weight is 388 g/mol. The molecular weight excluding hydrogens is 366 g/mol.